The fraction of sp³-hybridized carbons (Fsp3) is 0.379. The van der Waals surface area contributed by atoms with Gasteiger partial charge < -0.3 is 14.6 Å². The molecule has 1 saturated carbocycles. The first-order valence-corrected chi connectivity index (χ1v) is 13.1. The summed E-state index contributed by atoms with van der Waals surface area (Å²) in [5, 5.41) is 0. The molecule has 8 nitrogen and oxygen atoms in total. The molecule has 0 unspecified atom stereocenters. The first-order valence-electron chi connectivity index (χ1n) is 13.1. The van der Waals surface area contributed by atoms with Crippen LogP contribution in [0.3, 0.4) is 0 Å². The van der Waals surface area contributed by atoms with E-state index in [1.165, 1.54) is 18.4 Å². The van der Waals surface area contributed by atoms with Crippen molar-refractivity contribution < 1.29 is 9.53 Å². The van der Waals surface area contributed by atoms with Gasteiger partial charge in [-0.25, -0.2) is 4.98 Å². The number of aromatic amines is 1. The van der Waals surface area contributed by atoms with Crippen LogP contribution in [0.1, 0.15) is 36.3 Å². The molecule has 1 saturated heterocycles. The highest BCUT2D eigenvalue weighted by atomic mass is 16.5. The largest absolute Gasteiger partial charge is 0.494 e. The quantitative estimate of drug-likeness (QED) is 0.396. The van der Waals surface area contributed by atoms with Crippen molar-refractivity contribution in [2.24, 2.45) is 5.92 Å². The zero-order valence-electron chi connectivity index (χ0n) is 21.2. The Kier molecular flexibility index (Phi) is 6.57. The number of carbonyl (C=O) groups is 1. The van der Waals surface area contributed by atoms with Gasteiger partial charge in [0.05, 0.1) is 24.3 Å². The molecule has 0 spiro atoms. The highest BCUT2D eigenvalue weighted by Gasteiger charge is 2.28. The molecule has 0 bridgehead atoms. The van der Waals surface area contributed by atoms with Gasteiger partial charge in [0.25, 0.3) is 0 Å². The van der Waals surface area contributed by atoms with E-state index in [0.29, 0.717) is 18.2 Å². The summed E-state index contributed by atoms with van der Waals surface area (Å²) in [6.07, 6.45) is 9.22. The maximum absolute atomic E-state index is 12.4. The van der Waals surface area contributed by atoms with Gasteiger partial charge in [0.1, 0.15) is 11.6 Å². The number of piperazine rings is 1. The van der Waals surface area contributed by atoms with E-state index in [4.69, 9.17) is 9.72 Å². The maximum atomic E-state index is 12.4. The van der Waals surface area contributed by atoms with Crippen LogP contribution >= 0.6 is 0 Å². The van der Waals surface area contributed by atoms with Crippen LogP contribution < -0.4 is 4.74 Å². The third-order valence-electron chi connectivity index (χ3n) is 7.37. The normalized spacial score (nSPS) is 16.3. The number of methoxy groups -OCH3 is 1. The molecule has 8 heteroatoms. The van der Waals surface area contributed by atoms with Crippen molar-refractivity contribution in [3.63, 3.8) is 0 Å². The zero-order valence-corrected chi connectivity index (χ0v) is 21.2. The second-order valence-electron chi connectivity index (χ2n) is 10.1. The van der Waals surface area contributed by atoms with E-state index in [0.717, 1.165) is 78.6 Å². The average molecular weight is 497 g/mol. The number of imidazole rings is 1. The van der Waals surface area contributed by atoms with Crippen LogP contribution in [0.4, 0.5) is 0 Å². The number of aromatic nitrogens is 4. The molecule has 0 radical (unpaired) electrons. The summed E-state index contributed by atoms with van der Waals surface area (Å²) in [6.45, 7) is 4.37. The number of rotatable bonds is 8. The van der Waals surface area contributed by atoms with Gasteiger partial charge in [-0.1, -0.05) is 6.07 Å². The average Bonchev–Trinajstić information content (AvgIpc) is 3.65. The molecule has 1 aromatic carbocycles. The summed E-state index contributed by atoms with van der Waals surface area (Å²) < 4.78 is 5.48. The van der Waals surface area contributed by atoms with E-state index >= 15 is 0 Å². The summed E-state index contributed by atoms with van der Waals surface area (Å²) in [5.41, 5.74) is 6.19. The highest BCUT2D eigenvalue weighted by Crippen LogP contribution is 2.33. The van der Waals surface area contributed by atoms with E-state index in [1.54, 1.807) is 19.5 Å². The second-order valence-corrected chi connectivity index (χ2v) is 10.1. The zero-order chi connectivity index (χ0) is 25.2. The molecule has 4 heterocycles. The summed E-state index contributed by atoms with van der Waals surface area (Å²) in [7, 11) is 1.66. The Labute approximate surface area is 216 Å². The van der Waals surface area contributed by atoms with Crippen LogP contribution in [0.2, 0.25) is 0 Å². The summed E-state index contributed by atoms with van der Waals surface area (Å²) in [6, 6.07) is 12.4. The Morgan fingerprint density at radius 1 is 1.08 bits per heavy atom. The summed E-state index contributed by atoms with van der Waals surface area (Å²) in [4.78, 5) is 33.9. The number of hydrogen-bond donors (Lipinski definition) is 1. The third kappa shape index (κ3) is 5.49. The predicted octanol–water partition coefficient (Wildman–Crippen LogP) is 4.06. The molecule has 4 aromatic rings. The Morgan fingerprint density at radius 3 is 2.76 bits per heavy atom. The fourth-order valence-electron chi connectivity index (χ4n) is 5.10. The van der Waals surface area contributed by atoms with Crippen LogP contribution in [-0.4, -0.2) is 68.9 Å². The second kappa shape index (κ2) is 10.3. The standard InChI is InChI=1S/C29H32N6O2/c1-37-27-18-30-8-7-24(27)22-4-5-25-26(16-22)33-28(32-25)17-23-14-21(6-9-31-23)19-34-10-12-35(13-11-34)29(36)15-20-2-3-20/h4-9,14,16,18,20H,2-3,10-13,15,17,19H2,1H3,(H,32,33). The first-order chi connectivity index (χ1) is 18.1. The first kappa shape index (κ1) is 23.6. The number of ether oxygens (including phenoxy) is 1. The number of carbonyl (C=O) groups excluding carboxylic acids is 1. The van der Waals surface area contributed by atoms with Crippen molar-refractivity contribution in [3.8, 4) is 16.9 Å². The fourth-order valence-corrected chi connectivity index (χ4v) is 5.10. The number of nitrogens with one attached hydrogen (secondary N) is 1. The smallest absolute Gasteiger partial charge is 0.222 e. The van der Waals surface area contributed by atoms with Crippen LogP contribution in [0.5, 0.6) is 5.75 Å². The topological polar surface area (TPSA) is 87.2 Å². The van der Waals surface area contributed by atoms with Gasteiger partial charge in [-0.05, 0) is 60.2 Å². The Bertz CT molecular complexity index is 1400. The van der Waals surface area contributed by atoms with E-state index in [2.05, 4.69) is 44.1 Å². The van der Waals surface area contributed by atoms with E-state index in [-0.39, 0.29) is 0 Å². The van der Waals surface area contributed by atoms with Gasteiger partial charge in [-0.2, -0.15) is 0 Å². The van der Waals surface area contributed by atoms with Gasteiger partial charge in [0, 0.05) is 69.2 Å². The number of amides is 1. The van der Waals surface area contributed by atoms with Gasteiger partial charge in [0.2, 0.25) is 5.91 Å². The lowest BCUT2D eigenvalue weighted by Gasteiger charge is -2.35. The Morgan fingerprint density at radius 2 is 1.95 bits per heavy atom. The molecule has 1 amide bonds. The van der Waals surface area contributed by atoms with E-state index < -0.39 is 0 Å². The number of H-pyrrole nitrogens is 1. The number of fused-ring (bicyclic) bond motifs is 1. The third-order valence-corrected chi connectivity index (χ3v) is 7.37. The Hall–Kier alpha value is -3.78. The predicted molar refractivity (Wildman–Crippen MR) is 142 cm³/mol. The number of nitrogens with zero attached hydrogens (tertiary/aromatic N) is 5. The van der Waals surface area contributed by atoms with E-state index in [9.17, 15) is 4.79 Å². The lowest BCUT2D eigenvalue weighted by Crippen LogP contribution is -2.48. The number of hydrogen-bond acceptors (Lipinski definition) is 6. The van der Waals surface area contributed by atoms with Crippen LogP contribution in [-0.2, 0) is 17.8 Å². The van der Waals surface area contributed by atoms with Crippen molar-refractivity contribution in [2.45, 2.75) is 32.2 Å². The van der Waals surface area contributed by atoms with Gasteiger partial charge in [-0.15, -0.1) is 0 Å². The molecule has 1 N–H and O–H groups in total. The SMILES string of the molecule is COc1cnccc1-c1ccc2nc(Cc3cc(CN4CCN(C(=O)CC5CC5)CC4)ccn3)[nH]c2c1. The van der Waals surface area contributed by atoms with Crippen molar-refractivity contribution >= 4 is 16.9 Å². The molecule has 1 aliphatic carbocycles. The van der Waals surface area contributed by atoms with Gasteiger partial charge in [-0.3, -0.25) is 19.7 Å². The van der Waals surface area contributed by atoms with Crippen molar-refractivity contribution in [1.82, 2.24) is 29.7 Å². The van der Waals surface area contributed by atoms with Crippen molar-refractivity contribution in [1.29, 1.82) is 0 Å². The summed E-state index contributed by atoms with van der Waals surface area (Å²) in [5.74, 6) is 2.63. The number of benzene rings is 1. The minimum absolute atomic E-state index is 0.339. The minimum Gasteiger partial charge on any atom is -0.494 e. The lowest BCUT2D eigenvalue weighted by molar-refractivity contribution is -0.133. The van der Waals surface area contributed by atoms with Crippen LogP contribution in [0, 0.1) is 5.92 Å². The molecule has 0 atom stereocenters. The molecule has 1 aliphatic heterocycles. The van der Waals surface area contributed by atoms with Crippen molar-refractivity contribution in [3.05, 3.63) is 72.1 Å². The van der Waals surface area contributed by atoms with Crippen LogP contribution in [0.15, 0.2) is 55.0 Å². The molecule has 2 fully saturated rings. The highest BCUT2D eigenvalue weighted by molar-refractivity contribution is 5.83. The maximum Gasteiger partial charge on any atom is 0.222 e. The summed E-state index contributed by atoms with van der Waals surface area (Å²) >= 11 is 0. The van der Waals surface area contributed by atoms with Gasteiger partial charge >= 0.3 is 0 Å². The lowest BCUT2D eigenvalue weighted by atomic mass is 10.1. The molecule has 3 aromatic heterocycles. The van der Waals surface area contributed by atoms with Crippen LogP contribution in [0.25, 0.3) is 22.2 Å². The molecular formula is C29H32N6O2. The van der Waals surface area contributed by atoms with Crippen molar-refractivity contribution in [2.75, 3.05) is 33.3 Å². The molecule has 6 rings (SSSR count). The minimum atomic E-state index is 0.339. The molecule has 190 valence electrons. The molecule has 37 heavy (non-hydrogen) atoms. The number of pyridine rings is 2. The monoisotopic (exact) mass is 496 g/mol. The Balaban J connectivity index is 1.10. The molecule has 2 aliphatic rings. The van der Waals surface area contributed by atoms with E-state index in [1.807, 2.05) is 23.2 Å². The molecular weight excluding hydrogens is 464 g/mol. The van der Waals surface area contributed by atoms with Gasteiger partial charge in [0.15, 0.2) is 0 Å².